The number of ether oxygens (including phenoxy) is 2. The average molecular weight is 522 g/mol. The van der Waals surface area contributed by atoms with Crippen LogP contribution in [-0.4, -0.2) is 40.3 Å². The van der Waals surface area contributed by atoms with Gasteiger partial charge in [-0.25, -0.2) is 23.3 Å². The van der Waals surface area contributed by atoms with Crippen molar-refractivity contribution in [2.24, 2.45) is 7.05 Å². The Morgan fingerprint density at radius 1 is 1.17 bits per heavy atom. The highest BCUT2D eigenvalue weighted by Gasteiger charge is 2.35. The van der Waals surface area contributed by atoms with E-state index in [-0.39, 0.29) is 44.7 Å². The van der Waals surface area contributed by atoms with Crippen molar-refractivity contribution >= 4 is 29.2 Å². The van der Waals surface area contributed by atoms with Crippen molar-refractivity contribution < 1.29 is 36.6 Å². The Bertz CT molecular complexity index is 1290. The van der Waals surface area contributed by atoms with E-state index in [9.17, 15) is 36.7 Å². The Kier molecular flexibility index (Phi) is 8.50. The van der Waals surface area contributed by atoms with Crippen LogP contribution in [0.15, 0.2) is 39.9 Å². The number of nitrogens with one attached hydrogen (secondary N) is 1. The van der Waals surface area contributed by atoms with Crippen LogP contribution in [0, 0.1) is 5.82 Å². The lowest BCUT2D eigenvalue weighted by Gasteiger charge is -2.18. The Labute approximate surface area is 200 Å². The van der Waals surface area contributed by atoms with Gasteiger partial charge >= 0.3 is 23.8 Å². The topological polar surface area (TPSA) is 109 Å². The molecule has 2 rings (SSSR count). The van der Waals surface area contributed by atoms with E-state index in [1.807, 2.05) is 0 Å². The van der Waals surface area contributed by atoms with Crippen LogP contribution in [0.25, 0.3) is 5.69 Å². The number of anilines is 1. The van der Waals surface area contributed by atoms with Crippen LogP contribution >= 0.6 is 11.6 Å². The van der Waals surface area contributed by atoms with Crippen molar-refractivity contribution in [3.8, 4) is 5.69 Å². The van der Waals surface area contributed by atoms with E-state index in [0.29, 0.717) is 0 Å². The standard InChI is InChI=1S/C21H20ClF4N3O6/c1-10(2)18(31)34-5-6-35-19(32)11(3)27-14-8-15(13(23)7-12(14)22)29-17(30)9-16(21(24,25)26)28(4)20(29)33/h7-9,11,27H,1,5-6H2,2-4H3/t11-/m0/s1. The molecule has 0 unspecified atom stereocenters. The molecule has 0 aliphatic rings. The first kappa shape index (κ1) is 27.6. The molecule has 0 saturated carbocycles. The molecule has 0 aliphatic carbocycles. The van der Waals surface area contributed by atoms with Gasteiger partial charge in [-0.3, -0.25) is 9.36 Å². The first-order chi connectivity index (χ1) is 16.1. The highest BCUT2D eigenvalue weighted by molar-refractivity contribution is 6.33. The monoisotopic (exact) mass is 521 g/mol. The zero-order valence-electron chi connectivity index (χ0n) is 18.7. The summed E-state index contributed by atoms with van der Waals surface area (Å²) in [5.41, 5.74) is -5.03. The van der Waals surface area contributed by atoms with Gasteiger partial charge in [0.25, 0.3) is 5.56 Å². The molecule has 0 bridgehead atoms. The van der Waals surface area contributed by atoms with Crippen LogP contribution in [0.3, 0.4) is 0 Å². The van der Waals surface area contributed by atoms with Crippen LogP contribution in [0.4, 0.5) is 23.2 Å². The summed E-state index contributed by atoms with van der Waals surface area (Å²) in [6.45, 7) is 5.68. The first-order valence-corrected chi connectivity index (χ1v) is 10.2. The normalized spacial score (nSPS) is 12.1. The lowest BCUT2D eigenvalue weighted by molar-refractivity contribution is -0.150. The lowest BCUT2D eigenvalue weighted by Crippen LogP contribution is -2.41. The quantitative estimate of drug-likeness (QED) is 0.246. The zero-order chi connectivity index (χ0) is 26.7. The van der Waals surface area contributed by atoms with E-state index in [0.717, 1.165) is 19.2 Å². The average Bonchev–Trinajstić information content (AvgIpc) is 2.75. The number of hydrogen-bond acceptors (Lipinski definition) is 7. The zero-order valence-corrected chi connectivity index (χ0v) is 19.4. The molecular formula is C21H20ClF4N3O6. The molecule has 1 N–H and O–H groups in total. The van der Waals surface area contributed by atoms with Crippen molar-refractivity contribution in [1.29, 1.82) is 0 Å². The molecule has 14 heteroatoms. The number of esters is 2. The maximum Gasteiger partial charge on any atom is 0.431 e. The number of aromatic nitrogens is 2. The number of alkyl halides is 3. The van der Waals surface area contributed by atoms with Gasteiger partial charge in [0.15, 0.2) is 0 Å². The Balaban J connectivity index is 2.29. The van der Waals surface area contributed by atoms with Gasteiger partial charge in [-0.15, -0.1) is 0 Å². The fraction of sp³-hybridized carbons (Fsp3) is 0.333. The molecule has 0 saturated heterocycles. The fourth-order valence-electron chi connectivity index (χ4n) is 2.76. The van der Waals surface area contributed by atoms with Gasteiger partial charge in [0.2, 0.25) is 0 Å². The highest BCUT2D eigenvalue weighted by Crippen LogP contribution is 2.29. The molecule has 0 aliphatic heterocycles. The SMILES string of the molecule is C=C(C)C(=O)OCCOC(=O)[C@H](C)Nc1cc(-n2c(=O)cc(C(F)(F)F)n(C)c2=O)c(F)cc1Cl. The summed E-state index contributed by atoms with van der Waals surface area (Å²) in [4.78, 5) is 48.2. The predicted octanol–water partition coefficient (Wildman–Crippen LogP) is 2.81. The molecule has 2 aromatic rings. The Hall–Kier alpha value is -3.61. The van der Waals surface area contributed by atoms with Gasteiger partial charge in [-0.2, -0.15) is 13.2 Å². The number of benzene rings is 1. The summed E-state index contributed by atoms with van der Waals surface area (Å²) in [6.07, 6.45) is -4.99. The lowest BCUT2D eigenvalue weighted by atomic mass is 10.2. The molecule has 0 amide bonds. The van der Waals surface area contributed by atoms with Crippen molar-refractivity contribution in [3.05, 3.63) is 67.7 Å². The summed E-state index contributed by atoms with van der Waals surface area (Å²) < 4.78 is 63.8. The second kappa shape index (κ2) is 10.8. The second-order valence-corrected chi connectivity index (χ2v) is 7.68. The maximum absolute atomic E-state index is 14.6. The molecule has 1 aromatic heterocycles. The summed E-state index contributed by atoms with van der Waals surface area (Å²) in [6, 6.07) is 0.683. The van der Waals surface area contributed by atoms with Crippen molar-refractivity contribution in [2.45, 2.75) is 26.1 Å². The summed E-state index contributed by atoms with van der Waals surface area (Å²) in [5, 5.41) is 2.35. The van der Waals surface area contributed by atoms with Crippen LogP contribution in [-0.2, 0) is 32.3 Å². The van der Waals surface area contributed by atoms with E-state index in [1.54, 1.807) is 0 Å². The predicted molar refractivity (Wildman–Crippen MR) is 117 cm³/mol. The highest BCUT2D eigenvalue weighted by atomic mass is 35.5. The molecule has 1 atom stereocenters. The number of halogens is 5. The molecule has 0 spiro atoms. The van der Waals surface area contributed by atoms with Crippen molar-refractivity contribution in [2.75, 3.05) is 18.5 Å². The van der Waals surface area contributed by atoms with Crippen molar-refractivity contribution in [3.63, 3.8) is 0 Å². The Morgan fingerprint density at radius 3 is 2.34 bits per heavy atom. The van der Waals surface area contributed by atoms with Gasteiger partial charge in [0, 0.05) is 18.7 Å². The molecular weight excluding hydrogens is 502 g/mol. The third-order valence-electron chi connectivity index (χ3n) is 4.52. The largest absolute Gasteiger partial charge is 0.461 e. The maximum atomic E-state index is 14.6. The van der Waals surface area contributed by atoms with Gasteiger partial charge < -0.3 is 14.8 Å². The fourth-order valence-corrected chi connectivity index (χ4v) is 2.96. The number of nitrogens with zero attached hydrogens (tertiary/aromatic N) is 2. The van der Waals surface area contributed by atoms with Crippen LogP contribution in [0.5, 0.6) is 0 Å². The second-order valence-electron chi connectivity index (χ2n) is 7.28. The van der Waals surface area contributed by atoms with Crippen molar-refractivity contribution in [1.82, 2.24) is 9.13 Å². The summed E-state index contributed by atoms with van der Waals surface area (Å²) >= 11 is 5.99. The number of hydrogen-bond donors (Lipinski definition) is 1. The third kappa shape index (κ3) is 6.50. The molecule has 1 heterocycles. The smallest absolute Gasteiger partial charge is 0.431 e. The van der Waals surface area contributed by atoms with E-state index in [2.05, 4.69) is 11.9 Å². The third-order valence-corrected chi connectivity index (χ3v) is 4.84. The van der Waals surface area contributed by atoms with E-state index >= 15 is 0 Å². The minimum atomic E-state index is -4.99. The van der Waals surface area contributed by atoms with Gasteiger partial charge in [-0.05, 0) is 26.0 Å². The van der Waals surface area contributed by atoms with Gasteiger partial charge in [0.1, 0.15) is 30.8 Å². The number of rotatable bonds is 8. The molecule has 35 heavy (non-hydrogen) atoms. The van der Waals surface area contributed by atoms with Gasteiger partial charge in [-0.1, -0.05) is 18.2 Å². The van der Waals surface area contributed by atoms with E-state index in [4.69, 9.17) is 21.1 Å². The number of carbonyl (C=O) groups is 2. The van der Waals surface area contributed by atoms with Crippen LogP contribution < -0.4 is 16.6 Å². The minimum Gasteiger partial charge on any atom is -0.461 e. The van der Waals surface area contributed by atoms with Crippen LogP contribution in [0.2, 0.25) is 5.02 Å². The summed E-state index contributed by atoms with van der Waals surface area (Å²) in [5.74, 6) is -2.66. The molecule has 9 nitrogen and oxygen atoms in total. The number of carbonyl (C=O) groups excluding carboxylic acids is 2. The van der Waals surface area contributed by atoms with E-state index < -0.39 is 52.6 Å². The van der Waals surface area contributed by atoms with Gasteiger partial charge in [0.05, 0.1) is 16.4 Å². The molecule has 0 fully saturated rings. The summed E-state index contributed by atoms with van der Waals surface area (Å²) in [7, 11) is 0.778. The van der Waals surface area contributed by atoms with Crippen LogP contribution in [0.1, 0.15) is 19.5 Å². The minimum absolute atomic E-state index is 0.116. The molecule has 190 valence electrons. The first-order valence-electron chi connectivity index (χ1n) is 9.80. The Morgan fingerprint density at radius 2 is 1.77 bits per heavy atom. The molecule has 0 radical (unpaired) electrons. The van der Waals surface area contributed by atoms with E-state index in [1.165, 1.54) is 13.8 Å². The molecule has 1 aromatic carbocycles.